The van der Waals surface area contributed by atoms with E-state index >= 15 is 0 Å². The summed E-state index contributed by atoms with van der Waals surface area (Å²) in [5.74, 6) is -0.655. The van der Waals surface area contributed by atoms with Gasteiger partial charge in [0.05, 0.1) is 0 Å². The second-order valence-corrected chi connectivity index (χ2v) is 15.9. The van der Waals surface area contributed by atoms with E-state index in [-0.39, 0.29) is 44.1 Å². The zero-order valence-corrected chi connectivity index (χ0v) is 43.6. The standard InChI is InChI=1S/C26H30FN3O.C18H22FN3O.C8H9F.3C2H6.6H2/c1-17-13-18(2)15-24(14-17)30-26(31)29-23-11-12-25(19(3)16-23)28-20(4)5-6-21-7-9-22(27)10-8-21;1-12(2)21-17-9-8-16(10-13(17)3)22-18(23)20-11-14-4-6-15(19)7-5-14;1-2-7-3-5-8(9)6-4-7;3*1-2;;;;;;/h7-16,20,28H,5-6H2,1-4H3,(H2,29,30,31);4-10,12,21H,11H2,1-3H3,(H2,20,22,23);3-6H,2H2,1H3;3*1-2H3;6*1H. The molecule has 0 radical (unpaired) electrons. The minimum Gasteiger partial charge on any atom is -0.383 e. The molecule has 0 aromatic heterocycles. The Balaban J connectivity index is -0.000000240. The Labute approximate surface area is 421 Å². The first kappa shape index (κ1) is 60.3. The fourth-order valence-corrected chi connectivity index (χ4v) is 6.51. The smallest absolute Gasteiger partial charge is 0.323 e. The van der Waals surface area contributed by atoms with E-state index in [1.54, 1.807) is 24.3 Å². The van der Waals surface area contributed by atoms with Crippen LogP contribution in [0.4, 0.5) is 51.2 Å². The van der Waals surface area contributed by atoms with Gasteiger partial charge in [0.15, 0.2) is 0 Å². The van der Waals surface area contributed by atoms with E-state index in [0.717, 1.165) is 81.1 Å². The molecule has 8 nitrogen and oxygen atoms in total. The van der Waals surface area contributed by atoms with Gasteiger partial charge in [0.1, 0.15) is 17.5 Å². The summed E-state index contributed by atoms with van der Waals surface area (Å²) in [6.45, 7) is 28.7. The molecule has 0 fully saturated rings. The van der Waals surface area contributed by atoms with Crippen LogP contribution in [0.5, 0.6) is 0 Å². The Morgan fingerprint density at radius 3 is 1.33 bits per heavy atom. The summed E-state index contributed by atoms with van der Waals surface area (Å²) in [4.78, 5) is 24.3. The minimum absolute atomic E-state index is 0. The quantitative estimate of drug-likeness (QED) is 0.0693. The van der Waals surface area contributed by atoms with Crippen molar-refractivity contribution in [3.63, 3.8) is 0 Å². The zero-order valence-electron chi connectivity index (χ0n) is 43.6. The van der Waals surface area contributed by atoms with E-state index in [0.29, 0.717) is 12.6 Å². The molecule has 0 saturated carbocycles. The van der Waals surface area contributed by atoms with Gasteiger partial charge in [-0.15, -0.1) is 0 Å². The predicted molar refractivity (Wildman–Crippen MR) is 302 cm³/mol. The van der Waals surface area contributed by atoms with Gasteiger partial charge in [-0.2, -0.15) is 0 Å². The van der Waals surface area contributed by atoms with Crippen LogP contribution in [0.2, 0.25) is 0 Å². The molecule has 0 aliphatic heterocycles. The van der Waals surface area contributed by atoms with Crippen molar-refractivity contribution in [3.8, 4) is 0 Å². The van der Waals surface area contributed by atoms with Gasteiger partial charge in [0.2, 0.25) is 0 Å². The Hall–Kier alpha value is -6.75. The van der Waals surface area contributed by atoms with Crippen LogP contribution in [0, 0.1) is 45.1 Å². The van der Waals surface area contributed by atoms with Crippen molar-refractivity contribution in [2.24, 2.45) is 0 Å². The van der Waals surface area contributed by atoms with Gasteiger partial charge in [-0.3, -0.25) is 0 Å². The number of carbonyl (C=O) groups is 2. The molecule has 1 unspecified atom stereocenters. The van der Waals surface area contributed by atoms with E-state index in [2.05, 4.69) is 58.7 Å². The average molecular weight is 961 g/mol. The van der Waals surface area contributed by atoms with Crippen LogP contribution in [-0.2, 0) is 19.4 Å². The van der Waals surface area contributed by atoms with Crippen LogP contribution in [0.25, 0.3) is 0 Å². The third kappa shape index (κ3) is 24.7. The van der Waals surface area contributed by atoms with Crippen LogP contribution < -0.4 is 31.9 Å². The second kappa shape index (κ2) is 33.7. The zero-order chi connectivity index (χ0) is 51.9. The highest BCUT2D eigenvalue weighted by atomic mass is 19.1. The third-order valence-corrected chi connectivity index (χ3v) is 9.76. The first-order chi connectivity index (χ1) is 33.0. The maximum atomic E-state index is 13.0. The summed E-state index contributed by atoms with van der Waals surface area (Å²) in [6, 6.07) is 36.8. The normalized spacial score (nSPS) is 10.2. The number of benzene rings is 6. The van der Waals surface area contributed by atoms with E-state index in [1.807, 2.05) is 137 Å². The number of amides is 4. The molecule has 386 valence electrons. The van der Waals surface area contributed by atoms with Crippen molar-refractivity contribution in [3.05, 3.63) is 184 Å². The number of nitrogens with one attached hydrogen (secondary N) is 6. The van der Waals surface area contributed by atoms with Crippen LogP contribution >= 0.6 is 0 Å². The Bertz CT molecular complexity index is 2380. The minimum atomic E-state index is -0.293. The van der Waals surface area contributed by atoms with Gasteiger partial charge in [-0.25, -0.2) is 22.8 Å². The molecule has 69 heavy (non-hydrogen) atoms. The van der Waals surface area contributed by atoms with Crippen molar-refractivity contribution in [1.82, 2.24) is 5.32 Å². The van der Waals surface area contributed by atoms with Gasteiger partial charge in [-0.05, 0) is 192 Å². The molecular weight excluding hydrogens is 870 g/mol. The lowest BCUT2D eigenvalue weighted by Crippen LogP contribution is -2.28. The summed E-state index contributed by atoms with van der Waals surface area (Å²) < 4.78 is 38.1. The Morgan fingerprint density at radius 1 is 0.493 bits per heavy atom. The first-order valence-electron chi connectivity index (χ1n) is 24.2. The van der Waals surface area contributed by atoms with E-state index in [1.165, 1.54) is 42.0 Å². The molecule has 1 atom stereocenters. The van der Waals surface area contributed by atoms with Crippen molar-refractivity contribution in [2.75, 3.05) is 26.6 Å². The maximum Gasteiger partial charge on any atom is 0.323 e. The van der Waals surface area contributed by atoms with E-state index in [9.17, 15) is 22.8 Å². The van der Waals surface area contributed by atoms with Crippen LogP contribution in [-0.4, -0.2) is 24.1 Å². The van der Waals surface area contributed by atoms with Crippen molar-refractivity contribution >= 4 is 40.5 Å². The van der Waals surface area contributed by atoms with Crippen LogP contribution in [0.1, 0.15) is 123 Å². The van der Waals surface area contributed by atoms with Gasteiger partial charge < -0.3 is 31.9 Å². The summed E-state index contributed by atoms with van der Waals surface area (Å²) >= 11 is 0. The number of carbonyl (C=O) groups excluding carboxylic acids is 2. The molecule has 0 spiro atoms. The molecule has 6 N–H and O–H groups in total. The first-order valence-corrected chi connectivity index (χ1v) is 24.2. The van der Waals surface area contributed by atoms with Gasteiger partial charge >= 0.3 is 12.1 Å². The van der Waals surface area contributed by atoms with Gasteiger partial charge in [0, 0.05) is 55.6 Å². The molecule has 0 bridgehead atoms. The monoisotopic (exact) mass is 961 g/mol. The summed E-state index contributed by atoms with van der Waals surface area (Å²) in [6.07, 6.45) is 2.79. The number of halogens is 3. The molecule has 6 aromatic carbocycles. The maximum absolute atomic E-state index is 13.0. The number of urea groups is 2. The Kier molecular flexibility index (Phi) is 29.4. The molecule has 0 aliphatic rings. The lowest BCUT2D eigenvalue weighted by atomic mass is 10.1. The molecule has 6 aromatic rings. The summed E-state index contributed by atoms with van der Waals surface area (Å²) in [7, 11) is 0. The average Bonchev–Trinajstić information content (AvgIpc) is 3.32. The van der Waals surface area contributed by atoms with E-state index in [4.69, 9.17) is 0 Å². The fourth-order valence-electron chi connectivity index (χ4n) is 6.51. The fraction of sp³-hybridized carbons (Fsp3) is 0.345. The number of hydrogen-bond acceptors (Lipinski definition) is 4. The summed E-state index contributed by atoms with van der Waals surface area (Å²) in [5.41, 5.74) is 11.8. The molecule has 11 heteroatoms. The highest BCUT2D eigenvalue weighted by Gasteiger charge is 2.10. The topological polar surface area (TPSA) is 106 Å². The lowest BCUT2D eigenvalue weighted by molar-refractivity contribution is 0.251. The molecular formula is C58H91F3N6O2. The predicted octanol–water partition coefficient (Wildman–Crippen LogP) is 18.0. The highest BCUT2D eigenvalue weighted by Crippen LogP contribution is 2.23. The highest BCUT2D eigenvalue weighted by molar-refractivity contribution is 6.00. The SMILES string of the molecule is CC.CC.CC.CCc1ccc(F)cc1.Cc1cc(C)cc(NC(=O)Nc2ccc(NC(C)CCc3ccc(F)cc3)c(C)c2)c1.Cc1cc(NC(=O)NCc2ccc(F)cc2)ccc1NC(C)C.[HH].[HH].[HH].[HH].[HH].[HH]. The van der Waals surface area contributed by atoms with Crippen LogP contribution in [0.3, 0.4) is 0 Å². The lowest BCUT2D eigenvalue weighted by Gasteiger charge is -2.18. The van der Waals surface area contributed by atoms with Gasteiger partial charge in [-0.1, -0.05) is 90.9 Å². The largest absolute Gasteiger partial charge is 0.383 e. The molecule has 0 saturated heterocycles. The van der Waals surface area contributed by atoms with Crippen molar-refractivity contribution < 1.29 is 31.3 Å². The van der Waals surface area contributed by atoms with Crippen LogP contribution in [0.15, 0.2) is 127 Å². The summed E-state index contributed by atoms with van der Waals surface area (Å²) in [5, 5.41) is 18.2. The van der Waals surface area contributed by atoms with Crippen molar-refractivity contribution in [1.29, 1.82) is 0 Å². The van der Waals surface area contributed by atoms with Gasteiger partial charge in [0.25, 0.3) is 0 Å². The van der Waals surface area contributed by atoms with Crippen molar-refractivity contribution in [2.45, 2.75) is 135 Å². The number of aryl methyl sites for hydroxylation is 6. The second-order valence-electron chi connectivity index (χ2n) is 15.9. The number of hydrogen-bond donors (Lipinski definition) is 6. The number of anilines is 5. The molecule has 0 heterocycles. The Morgan fingerprint density at radius 2 is 0.899 bits per heavy atom. The van der Waals surface area contributed by atoms with E-state index < -0.39 is 0 Å². The molecule has 6 rings (SSSR count). The third-order valence-electron chi connectivity index (χ3n) is 9.76. The number of rotatable bonds is 13. The molecule has 4 amide bonds. The molecule has 0 aliphatic carbocycles.